The topological polar surface area (TPSA) is 38.1 Å². The molecule has 0 aromatic carbocycles. The van der Waals surface area contributed by atoms with Gasteiger partial charge in [-0.15, -0.1) is 0 Å². The van der Waals surface area contributed by atoms with Crippen LogP contribution in [-0.2, 0) is 18.4 Å². The number of aryl methyl sites for hydroxylation is 1. The van der Waals surface area contributed by atoms with Gasteiger partial charge in [0.05, 0.1) is 11.4 Å². The van der Waals surface area contributed by atoms with Crippen molar-refractivity contribution in [2.24, 2.45) is 7.05 Å². The van der Waals surface area contributed by atoms with E-state index in [4.69, 9.17) is 0 Å². The number of rotatable bonds is 3. The van der Waals surface area contributed by atoms with Crippen molar-refractivity contribution in [3.8, 4) is 0 Å². The summed E-state index contributed by atoms with van der Waals surface area (Å²) in [7, 11) is 3.69. The number of imidazole rings is 1. The van der Waals surface area contributed by atoms with Gasteiger partial charge >= 0.3 is 0 Å². The molecular weight excluding hydrogens is 246 g/mol. The van der Waals surface area contributed by atoms with Crippen LogP contribution in [0.5, 0.6) is 0 Å². The molecule has 0 radical (unpaired) electrons. The molecule has 0 saturated carbocycles. The summed E-state index contributed by atoms with van der Waals surface area (Å²) in [5, 5.41) is 0. The van der Waals surface area contributed by atoms with Crippen LogP contribution in [0.4, 0.5) is 0 Å². The largest absolute Gasteiger partial charge is 0.337 e. The van der Waals surface area contributed by atoms with Crippen molar-refractivity contribution < 1.29 is 4.79 Å². The standard InChI is InChI=1S/C9H14BrN3O/c1-7(10)9(14)13(3)6-8-11-4-5-12(8)2/h4-5,7H,6H2,1-3H3. The van der Waals surface area contributed by atoms with Crippen LogP contribution in [0.15, 0.2) is 12.4 Å². The Bertz CT molecular complexity index is 322. The number of halogens is 1. The Balaban J connectivity index is 2.62. The van der Waals surface area contributed by atoms with Gasteiger partial charge in [-0.25, -0.2) is 4.98 Å². The predicted octanol–water partition coefficient (Wildman–Crippen LogP) is 1.16. The first kappa shape index (κ1) is 11.2. The summed E-state index contributed by atoms with van der Waals surface area (Å²) in [5.74, 6) is 0.946. The van der Waals surface area contributed by atoms with Crippen molar-refractivity contribution in [1.82, 2.24) is 14.5 Å². The second-order valence-corrected chi connectivity index (χ2v) is 4.64. The molecule has 0 N–H and O–H groups in total. The number of carbonyl (C=O) groups excluding carboxylic acids is 1. The fourth-order valence-electron chi connectivity index (χ4n) is 1.14. The van der Waals surface area contributed by atoms with Gasteiger partial charge < -0.3 is 9.47 Å². The Morgan fingerprint density at radius 1 is 1.79 bits per heavy atom. The molecule has 0 fully saturated rings. The maximum absolute atomic E-state index is 11.5. The van der Waals surface area contributed by atoms with E-state index in [2.05, 4.69) is 20.9 Å². The van der Waals surface area contributed by atoms with Crippen LogP contribution in [0.25, 0.3) is 0 Å². The number of amides is 1. The van der Waals surface area contributed by atoms with E-state index >= 15 is 0 Å². The summed E-state index contributed by atoms with van der Waals surface area (Å²) in [4.78, 5) is 17.2. The third-order valence-electron chi connectivity index (χ3n) is 2.02. The molecule has 1 unspecified atom stereocenters. The van der Waals surface area contributed by atoms with E-state index < -0.39 is 0 Å². The van der Waals surface area contributed by atoms with Crippen LogP contribution in [0, 0.1) is 0 Å². The molecule has 1 heterocycles. The lowest BCUT2D eigenvalue weighted by atomic mass is 10.4. The Morgan fingerprint density at radius 3 is 2.86 bits per heavy atom. The minimum Gasteiger partial charge on any atom is -0.337 e. The lowest BCUT2D eigenvalue weighted by molar-refractivity contribution is -0.129. The van der Waals surface area contributed by atoms with Crippen molar-refractivity contribution in [3.05, 3.63) is 18.2 Å². The molecule has 78 valence electrons. The van der Waals surface area contributed by atoms with Gasteiger partial charge in [0.2, 0.25) is 5.91 Å². The van der Waals surface area contributed by atoms with E-state index in [1.54, 1.807) is 18.1 Å². The maximum Gasteiger partial charge on any atom is 0.236 e. The Labute approximate surface area is 92.0 Å². The number of hydrogen-bond acceptors (Lipinski definition) is 2. The fourth-order valence-corrected chi connectivity index (χ4v) is 1.49. The molecule has 1 atom stereocenters. The first-order valence-corrected chi connectivity index (χ1v) is 5.29. The third-order valence-corrected chi connectivity index (χ3v) is 2.41. The zero-order chi connectivity index (χ0) is 10.7. The highest BCUT2D eigenvalue weighted by atomic mass is 79.9. The monoisotopic (exact) mass is 259 g/mol. The lowest BCUT2D eigenvalue weighted by Gasteiger charge is -2.18. The van der Waals surface area contributed by atoms with E-state index in [0.717, 1.165) is 5.82 Å². The van der Waals surface area contributed by atoms with Crippen LogP contribution < -0.4 is 0 Å². The smallest absolute Gasteiger partial charge is 0.236 e. The molecule has 0 aliphatic rings. The summed E-state index contributed by atoms with van der Waals surface area (Å²) in [5.41, 5.74) is 0. The number of carbonyl (C=O) groups is 1. The first-order chi connectivity index (χ1) is 6.52. The molecule has 14 heavy (non-hydrogen) atoms. The molecule has 0 bridgehead atoms. The Kier molecular flexibility index (Phi) is 3.69. The fraction of sp³-hybridized carbons (Fsp3) is 0.556. The van der Waals surface area contributed by atoms with Crippen molar-refractivity contribution in [2.75, 3.05) is 7.05 Å². The summed E-state index contributed by atoms with van der Waals surface area (Å²) < 4.78 is 1.91. The quantitative estimate of drug-likeness (QED) is 0.765. The molecule has 4 nitrogen and oxygen atoms in total. The molecule has 0 aliphatic heterocycles. The summed E-state index contributed by atoms with van der Waals surface area (Å²) >= 11 is 3.24. The zero-order valence-electron chi connectivity index (χ0n) is 8.57. The van der Waals surface area contributed by atoms with Crippen molar-refractivity contribution in [1.29, 1.82) is 0 Å². The minimum absolute atomic E-state index is 0.0630. The average Bonchev–Trinajstić information content (AvgIpc) is 2.50. The zero-order valence-corrected chi connectivity index (χ0v) is 10.2. The molecule has 1 rings (SSSR count). The lowest BCUT2D eigenvalue weighted by Crippen LogP contribution is -2.32. The number of hydrogen-bond donors (Lipinski definition) is 0. The normalized spacial score (nSPS) is 12.6. The van der Waals surface area contributed by atoms with E-state index in [-0.39, 0.29) is 10.7 Å². The molecule has 5 heteroatoms. The van der Waals surface area contributed by atoms with E-state index in [1.165, 1.54) is 0 Å². The highest BCUT2D eigenvalue weighted by Crippen LogP contribution is 2.05. The average molecular weight is 260 g/mol. The molecule has 1 aromatic heterocycles. The SMILES string of the molecule is CC(Br)C(=O)N(C)Cc1nccn1C. The third kappa shape index (κ3) is 2.57. The van der Waals surface area contributed by atoms with Crippen LogP contribution in [0.3, 0.4) is 0 Å². The summed E-state index contributed by atoms with van der Waals surface area (Å²) in [6, 6.07) is 0. The van der Waals surface area contributed by atoms with Crippen LogP contribution in [0.1, 0.15) is 12.7 Å². The van der Waals surface area contributed by atoms with Gasteiger partial charge in [0.25, 0.3) is 0 Å². The second kappa shape index (κ2) is 4.59. The molecule has 1 amide bonds. The van der Waals surface area contributed by atoms with Crippen LogP contribution in [0.2, 0.25) is 0 Å². The van der Waals surface area contributed by atoms with Crippen molar-refractivity contribution in [2.45, 2.75) is 18.3 Å². The summed E-state index contributed by atoms with van der Waals surface area (Å²) in [6.07, 6.45) is 3.59. The van der Waals surface area contributed by atoms with Gasteiger partial charge in [-0.2, -0.15) is 0 Å². The number of alkyl halides is 1. The van der Waals surface area contributed by atoms with E-state index in [0.29, 0.717) is 6.54 Å². The van der Waals surface area contributed by atoms with Crippen molar-refractivity contribution in [3.63, 3.8) is 0 Å². The second-order valence-electron chi connectivity index (χ2n) is 3.26. The van der Waals surface area contributed by atoms with Crippen molar-refractivity contribution >= 4 is 21.8 Å². The van der Waals surface area contributed by atoms with Gasteiger partial charge in [-0.3, -0.25) is 4.79 Å². The Morgan fingerprint density at radius 2 is 2.43 bits per heavy atom. The highest BCUT2D eigenvalue weighted by Gasteiger charge is 2.15. The van der Waals surface area contributed by atoms with Gasteiger partial charge in [-0.1, -0.05) is 15.9 Å². The Hall–Kier alpha value is -0.840. The van der Waals surface area contributed by atoms with Gasteiger partial charge in [0.1, 0.15) is 5.82 Å². The van der Waals surface area contributed by atoms with Gasteiger partial charge in [0.15, 0.2) is 0 Å². The highest BCUT2D eigenvalue weighted by molar-refractivity contribution is 9.10. The maximum atomic E-state index is 11.5. The molecular formula is C9H14BrN3O. The molecule has 0 spiro atoms. The number of aromatic nitrogens is 2. The van der Waals surface area contributed by atoms with E-state index in [9.17, 15) is 4.79 Å². The van der Waals surface area contributed by atoms with Crippen LogP contribution in [-0.4, -0.2) is 32.2 Å². The number of nitrogens with zero attached hydrogens (tertiary/aromatic N) is 3. The minimum atomic E-state index is -0.146. The molecule has 0 saturated heterocycles. The van der Waals surface area contributed by atoms with Gasteiger partial charge in [-0.05, 0) is 6.92 Å². The molecule has 1 aromatic rings. The first-order valence-electron chi connectivity index (χ1n) is 4.37. The summed E-state index contributed by atoms with van der Waals surface area (Å²) in [6.45, 7) is 2.36. The molecule has 0 aliphatic carbocycles. The van der Waals surface area contributed by atoms with E-state index in [1.807, 2.05) is 24.7 Å². The van der Waals surface area contributed by atoms with Crippen LogP contribution >= 0.6 is 15.9 Å². The predicted molar refractivity (Wildman–Crippen MR) is 58.1 cm³/mol. The van der Waals surface area contributed by atoms with Gasteiger partial charge in [0, 0.05) is 26.5 Å².